The lowest BCUT2D eigenvalue weighted by Crippen LogP contribution is -2.05. The van der Waals surface area contributed by atoms with Crippen molar-refractivity contribution in [3.63, 3.8) is 0 Å². The molecule has 1 heterocycles. The molecule has 0 saturated carbocycles. The summed E-state index contributed by atoms with van der Waals surface area (Å²) >= 11 is 0. The van der Waals surface area contributed by atoms with Crippen molar-refractivity contribution in [2.75, 3.05) is 13.7 Å². The van der Waals surface area contributed by atoms with Crippen molar-refractivity contribution in [2.45, 2.75) is 6.42 Å². The maximum atomic E-state index is 12.5. The van der Waals surface area contributed by atoms with Gasteiger partial charge in [-0.1, -0.05) is 66.7 Å². The van der Waals surface area contributed by atoms with E-state index < -0.39 is 5.97 Å². The fourth-order valence-electron chi connectivity index (χ4n) is 3.83. The molecule has 5 nitrogen and oxygen atoms in total. The third kappa shape index (κ3) is 4.69. The maximum absolute atomic E-state index is 12.5. The van der Waals surface area contributed by atoms with E-state index in [1.54, 1.807) is 13.2 Å². The molecule has 0 amide bonds. The first-order chi connectivity index (χ1) is 16.7. The zero-order chi connectivity index (χ0) is 23.3. The highest BCUT2D eigenvalue weighted by atomic mass is 16.6. The van der Waals surface area contributed by atoms with E-state index in [1.807, 2.05) is 78.9 Å². The van der Waals surface area contributed by atoms with Crippen molar-refractivity contribution in [3.8, 4) is 11.5 Å². The Labute approximate surface area is 197 Å². The molecule has 0 saturated heterocycles. The predicted molar refractivity (Wildman–Crippen MR) is 133 cm³/mol. The Morgan fingerprint density at radius 1 is 0.853 bits per heavy atom. The fraction of sp³-hybridized carbons (Fsp3) is 0.103. The van der Waals surface area contributed by atoms with Gasteiger partial charge in [0.2, 0.25) is 5.90 Å². The van der Waals surface area contributed by atoms with Gasteiger partial charge in [-0.15, -0.1) is 0 Å². The smallest absolute Gasteiger partial charge is 0.363 e. The molecular weight excluding hydrogens is 426 g/mol. The molecule has 0 unspecified atom stereocenters. The Morgan fingerprint density at radius 3 is 2.47 bits per heavy atom. The summed E-state index contributed by atoms with van der Waals surface area (Å²) in [5, 5.41) is 2.17. The highest BCUT2D eigenvalue weighted by molar-refractivity contribution is 6.13. The van der Waals surface area contributed by atoms with Gasteiger partial charge in [-0.2, -0.15) is 0 Å². The average Bonchev–Trinajstić information content (AvgIpc) is 3.25. The minimum absolute atomic E-state index is 0.239. The summed E-state index contributed by atoms with van der Waals surface area (Å²) in [6.45, 7) is 0.534. The number of methoxy groups -OCH3 is 1. The molecule has 0 aromatic heterocycles. The van der Waals surface area contributed by atoms with Crippen LogP contribution in [-0.2, 0) is 16.0 Å². The number of aliphatic imine (C=N–C) groups is 1. The first-order valence-corrected chi connectivity index (χ1v) is 11.1. The summed E-state index contributed by atoms with van der Waals surface area (Å²) in [4.78, 5) is 16.9. The van der Waals surface area contributed by atoms with Crippen molar-refractivity contribution in [1.29, 1.82) is 0 Å². The van der Waals surface area contributed by atoms with E-state index in [4.69, 9.17) is 14.2 Å². The number of rotatable bonds is 7. The molecule has 0 fully saturated rings. The number of ether oxygens (including phenoxy) is 3. The van der Waals surface area contributed by atoms with Crippen molar-refractivity contribution >= 4 is 28.7 Å². The summed E-state index contributed by atoms with van der Waals surface area (Å²) in [6, 6.07) is 29.6. The molecule has 168 valence electrons. The molecule has 0 aliphatic carbocycles. The van der Waals surface area contributed by atoms with Gasteiger partial charge in [0.15, 0.2) is 17.2 Å². The van der Waals surface area contributed by atoms with Crippen LogP contribution >= 0.6 is 0 Å². The molecule has 1 aliphatic rings. The number of carbonyl (C=O) groups is 1. The summed E-state index contributed by atoms with van der Waals surface area (Å²) in [5.41, 5.74) is 2.98. The third-order valence-electron chi connectivity index (χ3n) is 5.60. The molecule has 4 aromatic carbocycles. The van der Waals surface area contributed by atoms with E-state index in [1.165, 1.54) is 5.56 Å². The molecule has 5 rings (SSSR count). The van der Waals surface area contributed by atoms with Crippen LogP contribution in [0.1, 0.15) is 16.7 Å². The fourth-order valence-corrected chi connectivity index (χ4v) is 3.83. The highest BCUT2D eigenvalue weighted by Gasteiger charge is 2.24. The van der Waals surface area contributed by atoms with Crippen LogP contribution in [-0.4, -0.2) is 25.6 Å². The standard InChI is InChI=1S/C29H23NO4/c1-32-27-18-21(11-14-26(27)33-16-15-20-7-3-2-4-8-20)17-25-29(31)34-28(30-25)24-13-12-22-9-5-6-10-23(22)19-24/h2-14,17-19H,15-16H2,1H3/b25-17-. The van der Waals surface area contributed by atoms with Gasteiger partial charge in [-0.05, 0) is 52.2 Å². The van der Waals surface area contributed by atoms with Crippen LogP contribution < -0.4 is 9.47 Å². The van der Waals surface area contributed by atoms with Gasteiger partial charge in [0.1, 0.15) is 0 Å². The lowest BCUT2D eigenvalue weighted by atomic mass is 10.1. The van der Waals surface area contributed by atoms with Gasteiger partial charge in [0, 0.05) is 12.0 Å². The van der Waals surface area contributed by atoms with E-state index in [-0.39, 0.29) is 5.70 Å². The number of hydrogen-bond donors (Lipinski definition) is 0. The van der Waals surface area contributed by atoms with Crippen LogP contribution in [0.4, 0.5) is 0 Å². The molecule has 1 aliphatic heterocycles. The van der Waals surface area contributed by atoms with Gasteiger partial charge in [-0.25, -0.2) is 9.79 Å². The van der Waals surface area contributed by atoms with Crippen LogP contribution in [0.3, 0.4) is 0 Å². The monoisotopic (exact) mass is 449 g/mol. The largest absolute Gasteiger partial charge is 0.493 e. The SMILES string of the molecule is COc1cc(/C=C2\N=C(c3ccc4ccccc4c3)OC2=O)ccc1OCCc1ccccc1. The van der Waals surface area contributed by atoms with Crippen molar-refractivity contribution in [1.82, 2.24) is 0 Å². The average molecular weight is 450 g/mol. The van der Waals surface area contributed by atoms with E-state index in [0.29, 0.717) is 24.0 Å². The topological polar surface area (TPSA) is 57.1 Å². The molecule has 34 heavy (non-hydrogen) atoms. The minimum Gasteiger partial charge on any atom is -0.493 e. The summed E-state index contributed by atoms with van der Waals surface area (Å²) in [5.74, 6) is 1.06. The Kier molecular flexibility index (Phi) is 6.08. The number of nitrogens with zero attached hydrogens (tertiary/aromatic N) is 1. The number of carbonyl (C=O) groups excluding carboxylic acids is 1. The molecular formula is C29H23NO4. The minimum atomic E-state index is -0.481. The predicted octanol–water partition coefficient (Wildman–Crippen LogP) is 5.81. The molecule has 4 aromatic rings. The van der Waals surface area contributed by atoms with Gasteiger partial charge in [0.25, 0.3) is 0 Å². The zero-order valence-corrected chi connectivity index (χ0v) is 18.7. The second kappa shape index (κ2) is 9.63. The first-order valence-electron chi connectivity index (χ1n) is 11.1. The molecule has 0 N–H and O–H groups in total. The van der Waals surface area contributed by atoms with E-state index in [2.05, 4.69) is 17.1 Å². The van der Waals surface area contributed by atoms with E-state index >= 15 is 0 Å². The Hall–Kier alpha value is -4.38. The van der Waals surface area contributed by atoms with E-state index in [0.717, 1.165) is 28.3 Å². The zero-order valence-electron chi connectivity index (χ0n) is 18.7. The molecule has 0 radical (unpaired) electrons. The molecule has 0 atom stereocenters. The van der Waals surface area contributed by atoms with E-state index in [9.17, 15) is 4.79 Å². The van der Waals surface area contributed by atoms with Crippen LogP contribution in [0, 0.1) is 0 Å². The van der Waals surface area contributed by atoms with Gasteiger partial charge >= 0.3 is 5.97 Å². The lowest BCUT2D eigenvalue weighted by Gasteiger charge is -2.11. The number of fused-ring (bicyclic) bond motifs is 1. The first kappa shape index (κ1) is 21.5. The number of benzene rings is 4. The molecule has 0 spiro atoms. The lowest BCUT2D eigenvalue weighted by molar-refractivity contribution is -0.129. The van der Waals surface area contributed by atoms with Gasteiger partial charge in [0.05, 0.1) is 13.7 Å². The molecule has 5 heteroatoms. The van der Waals surface area contributed by atoms with Crippen molar-refractivity contribution in [2.24, 2.45) is 4.99 Å². The number of cyclic esters (lactones) is 1. The van der Waals surface area contributed by atoms with Crippen molar-refractivity contribution in [3.05, 3.63) is 113 Å². The summed E-state index contributed by atoms with van der Waals surface area (Å²) in [6.07, 6.45) is 2.49. The second-order valence-electron chi connectivity index (χ2n) is 7.89. The summed E-state index contributed by atoms with van der Waals surface area (Å²) < 4.78 is 16.9. The highest BCUT2D eigenvalue weighted by Crippen LogP contribution is 2.30. The Morgan fingerprint density at radius 2 is 1.65 bits per heavy atom. The van der Waals surface area contributed by atoms with Crippen LogP contribution in [0.5, 0.6) is 11.5 Å². The Bertz CT molecular complexity index is 1410. The molecule has 0 bridgehead atoms. The second-order valence-corrected chi connectivity index (χ2v) is 7.89. The maximum Gasteiger partial charge on any atom is 0.363 e. The van der Waals surface area contributed by atoms with Gasteiger partial charge in [-0.3, -0.25) is 0 Å². The Balaban J connectivity index is 1.33. The van der Waals surface area contributed by atoms with Crippen molar-refractivity contribution < 1.29 is 19.0 Å². The van der Waals surface area contributed by atoms with Crippen LogP contribution in [0.2, 0.25) is 0 Å². The summed E-state index contributed by atoms with van der Waals surface area (Å²) in [7, 11) is 1.59. The number of hydrogen-bond acceptors (Lipinski definition) is 5. The third-order valence-corrected chi connectivity index (χ3v) is 5.60. The van der Waals surface area contributed by atoms with Crippen LogP contribution in [0.25, 0.3) is 16.8 Å². The number of esters is 1. The quantitative estimate of drug-likeness (QED) is 0.264. The normalized spacial score (nSPS) is 14.2. The van der Waals surface area contributed by atoms with Gasteiger partial charge < -0.3 is 14.2 Å². The van der Waals surface area contributed by atoms with Crippen LogP contribution in [0.15, 0.2) is 102 Å².